The van der Waals surface area contributed by atoms with Crippen LogP contribution in [0.1, 0.15) is 19.3 Å². The summed E-state index contributed by atoms with van der Waals surface area (Å²) in [6.07, 6.45) is 7.56. The molecular weight excluding hydrogens is 300 g/mol. The molecule has 4 rings (SSSR count). The van der Waals surface area contributed by atoms with Gasteiger partial charge >= 0.3 is 0 Å². The third-order valence-electron chi connectivity index (χ3n) is 4.70. The summed E-state index contributed by atoms with van der Waals surface area (Å²) in [7, 11) is 0. The van der Waals surface area contributed by atoms with Gasteiger partial charge in [-0.1, -0.05) is 18.2 Å². The summed E-state index contributed by atoms with van der Waals surface area (Å²) in [5.74, 6) is 0.874. The number of piperidine rings is 1. The summed E-state index contributed by atoms with van der Waals surface area (Å²) in [4.78, 5) is 10.5. The molecule has 0 spiro atoms. The van der Waals surface area contributed by atoms with Crippen molar-refractivity contribution in [3.05, 3.63) is 42.9 Å². The van der Waals surface area contributed by atoms with E-state index in [-0.39, 0.29) is 0 Å². The highest BCUT2D eigenvalue weighted by atomic mass is 15.3. The van der Waals surface area contributed by atoms with Gasteiger partial charge in [-0.05, 0) is 31.4 Å². The predicted molar refractivity (Wildman–Crippen MR) is 94.6 cm³/mol. The van der Waals surface area contributed by atoms with Gasteiger partial charge in [0.1, 0.15) is 12.1 Å². The van der Waals surface area contributed by atoms with Crippen LogP contribution in [0, 0.1) is 0 Å². The van der Waals surface area contributed by atoms with Gasteiger partial charge in [0.2, 0.25) is 0 Å². The summed E-state index contributed by atoms with van der Waals surface area (Å²) >= 11 is 0. The molecule has 1 aromatic carbocycles. The topological polar surface area (TPSA) is 60.1 Å². The van der Waals surface area contributed by atoms with Crippen molar-refractivity contribution in [3.8, 4) is 5.69 Å². The molecule has 1 aliphatic heterocycles. The highest BCUT2D eigenvalue weighted by Crippen LogP contribution is 2.21. The van der Waals surface area contributed by atoms with E-state index in [1.165, 1.54) is 32.4 Å². The van der Waals surface area contributed by atoms with Crippen LogP contribution in [-0.4, -0.2) is 45.9 Å². The predicted octanol–water partition coefficient (Wildman–Crippen LogP) is 1.30. The van der Waals surface area contributed by atoms with E-state index in [4.69, 9.17) is 0 Å². The highest BCUT2D eigenvalue weighted by molar-refractivity contribution is 5.87. The first-order chi connectivity index (χ1) is 11.9. The number of fused-ring (bicyclic) bond motifs is 1. The van der Waals surface area contributed by atoms with Gasteiger partial charge in [0, 0.05) is 0 Å². The summed E-state index contributed by atoms with van der Waals surface area (Å²) in [6, 6.07) is 10.1. The first-order valence-electron chi connectivity index (χ1n) is 8.73. The number of nitrogens with one attached hydrogen (secondary N) is 2. The summed E-state index contributed by atoms with van der Waals surface area (Å²) in [5.41, 5.74) is 1.85. The Morgan fingerprint density at radius 3 is 2.71 bits per heavy atom. The second-order valence-electron chi connectivity index (χ2n) is 6.34. The lowest BCUT2D eigenvalue weighted by molar-refractivity contribution is -0.903. The molecule has 124 valence electrons. The van der Waals surface area contributed by atoms with Crippen molar-refractivity contribution in [3.63, 3.8) is 0 Å². The van der Waals surface area contributed by atoms with Crippen LogP contribution in [0.4, 0.5) is 5.82 Å². The van der Waals surface area contributed by atoms with Crippen LogP contribution in [0.5, 0.6) is 0 Å². The van der Waals surface area contributed by atoms with Crippen molar-refractivity contribution >= 4 is 16.9 Å². The molecule has 24 heavy (non-hydrogen) atoms. The third kappa shape index (κ3) is 3.10. The van der Waals surface area contributed by atoms with Gasteiger partial charge in [-0.25, -0.2) is 14.6 Å². The Kier molecular flexibility index (Phi) is 4.38. The van der Waals surface area contributed by atoms with Crippen LogP contribution in [0.15, 0.2) is 42.9 Å². The fourth-order valence-electron chi connectivity index (χ4n) is 3.40. The number of nitrogens with zero attached hydrogens (tertiary/aromatic N) is 4. The van der Waals surface area contributed by atoms with Gasteiger partial charge in [-0.15, -0.1) is 0 Å². The van der Waals surface area contributed by atoms with Crippen molar-refractivity contribution < 1.29 is 4.90 Å². The fraction of sp³-hybridized carbons (Fsp3) is 0.389. The molecule has 0 radical (unpaired) electrons. The number of aromatic nitrogens is 4. The highest BCUT2D eigenvalue weighted by Gasteiger charge is 2.14. The number of para-hydroxylation sites is 1. The van der Waals surface area contributed by atoms with E-state index in [2.05, 4.69) is 20.4 Å². The minimum atomic E-state index is 0.837. The monoisotopic (exact) mass is 323 g/mol. The van der Waals surface area contributed by atoms with Crippen LogP contribution in [-0.2, 0) is 0 Å². The van der Waals surface area contributed by atoms with Crippen molar-refractivity contribution in [1.29, 1.82) is 0 Å². The number of hydrogen-bond donors (Lipinski definition) is 2. The number of hydrogen-bond acceptors (Lipinski definition) is 4. The van der Waals surface area contributed by atoms with Crippen molar-refractivity contribution in [2.45, 2.75) is 19.3 Å². The standard InChI is InChI=1S/C18H22N6/c1-3-7-15(8-4-1)24-18-16(13-22-24)17(20-14-21-18)19-9-12-23-10-5-2-6-11-23/h1,3-4,7-8,13-14H,2,5-6,9-12H2,(H,19,20,21)/p+1. The molecule has 3 aromatic rings. The Morgan fingerprint density at radius 2 is 1.88 bits per heavy atom. The van der Waals surface area contributed by atoms with E-state index < -0.39 is 0 Å². The number of anilines is 1. The van der Waals surface area contributed by atoms with Gasteiger partial charge in [-0.2, -0.15) is 5.10 Å². The molecule has 0 bridgehead atoms. The average Bonchev–Trinajstić information content (AvgIpc) is 3.08. The SMILES string of the molecule is c1ccc(-n2ncc3c(NCC[NH+]4CCCCC4)ncnc32)cc1. The lowest BCUT2D eigenvalue weighted by Crippen LogP contribution is -3.13. The normalized spacial score (nSPS) is 15.7. The number of likely N-dealkylation sites (tertiary alicyclic amines) is 1. The second-order valence-corrected chi connectivity index (χ2v) is 6.34. The zero-order valence-corrected chi connectivity index (χ0v) is 13.8. The Morgan fingerprint density at radius 1 is 1.04 bits per heavy atom. The number of rotatable bonds is 5. The largest absolute Gasteiger partial charge is 0.364 e. The molecule has 0 atom stereocenters. The molecular formula is C18H23N6+. The number of benzene rings is 1. The Bertz CT molecular complexity index is 792. The maximum atomic E-state index is 4.49. The Hall–Kier alpha value is -2.47. The first kappa shape index (κ1) is 15.1. The molecule has 6 nitrogen and oxygen atoms in total. The van der Waals surface area contributed by atoms with Gasteiger partial charge in [0.15, 0.2) is 5.65 Å². The van der Waals surface area contributed by atoms with E-state index in [0.29, 0.717) is 0 Å². The maximum Gasteiger partial charge on any atom is 0.168 e. The van der Waals surface area contributed by atoms with Crippen LogP contribution < -0.4 is 10.2 Å². The van der Waals surface area contributed by atoms with Crippen molar-refractivity contribution in [1.82, 2.24) is 19.7 Å². The Balaban J connectivity index is 1.51. The molecule has 0 unspecified atom stereocenters. The van der Waals surface area contributed by atoms with Crippen LogP contribution in [0.3, 0.4) is 0 Å². The van der Waals surface area contributed by atoms with E-state index in [9.17, 15) is 0 Å². The molecule has 6 heteroatoms. The lowest BCUT2D eigenvalue weighted by Gasteiger charge is -2.23. The maximum absolute atomic E-state index is 4.49. The van der Waals surface area contributed by atoms with Gasteiger partial charge in [0.25, 0.3) is 0 Å². The van der Waals surface area contributed by atoms with E-state index in [1.54, 1.807) is 11.2 Å². The van der Waals surface area contributed by atoms with Crippen LogP contribution in [0.25, 0.3) is 16.7 Å². The van der Waals surface area contributed by atoms with E-state index in [1.807, 2.05) is 41.2 Å². The summed E-state index contributed by atoms with van der Waals surface area (Å²) in [5, 5.41) is 8.94. The smallest absolute Gasteiger partial charge is 0.168 e. The van der Waals surface area contributed by atoms with Crippen LogP contribution >= 0.6 is 0 Å². The summed E-state index contributed by atoms with van der Waals surface area (Å²) < 4.78 is 1.86. The molecule has 0 amide bonds. The van der Waals surface area contributed by atoms with Crippen LogP contribution in [0.2, 0.25) is 0 Å². The van der Waals surface area contributed by atoms with Gasteiger partial charge in [-0.3, -0.25) is 0 Å². The minimum Gasteiger partial charge on any atom is -0.364 e. The Labute approximate surface area is 141 Å². The molecule has 1 aliphatic rings. The van der Waals surface area contributed by atoms with E-state index in [0.717, 1.165) is 35.6 Å². The molecule has 2 N–H and O–H groups in total. The number of quaternary nitrogens is 1. The molecule has 1 saturated heterocycles. The zero-order valence-electron chi connectivity index (χ0n) is 13.8. The zero-order chi connectivity index (χ0) is 16.2. The molecule has 3 heterocycles. The quantitative estimate of drug-likeness (QED) is 0.743. The molecule has 0 aliphatic carbocycles. The molecule has 1 fully saturated rings. The summed E-state index contributed by atoms with van der Waals surface area (Å²) in [6.45, 7) is 4.66. The average molecular weight is 323 g/mol. The van der Waals surface area contributed by atoms with Crippen molar-refractivity contribution in [2.24, 2.45) is 0 Å². The third-order valence-corrected chi connectivity index (χ3v) is 4.70. The van der Waals surface area contributed by atoms with Crippen molar-refractivity contribution in [2.75, 3.05) is 31.5 Å². The minimum absolute atomic E-state index is 0.837. The molecule has 2 aromatic heterocycles. The van der Waals surface area contributed by atoms with Gasteiger partial charge in [0.05, 0.1) is 43.4 Å². The lowest BCUT2D eigenvalue weighted by atomic mass is 10.1. The van der Waals surface area contributed by atoms with E-state index >= 15 is 0 Å². The van der Waals surface area contributed by atoms with Gasteiger partial charge < -0.3 is 10.2 Å². The fourth-order valence-corrected chi connectivity index (χ4v) is 3.40. The first-order valence-corrected chi connectivity index (χ1v) is 8.73. The second kappa shape index (κ2) is 6.97. The molecule has 0 saturated carbocycles.